The molecule has 3 rings (SSSR count). The molecule has 5 nitrogen and oxygen atoms in total. The van der Waals surface area contributed by atoms with Crippen molar-refractivity contribution in [2.24, 2.45) is 5.92 Å². The first-order valence-corrected chi connectivity index (χ1v) is 6.35. The molecule has 1 saturated carbocycles. The van der Waals surface area contributed by atoms with E-state index >= 15 is 0 Å². The second-order valence-corrected chi connectivity index (χ2v) is 5.11. The largest absolute Gasteiger partial charge is 0.481 e. The van der Waals surface area contributed by atoms with Gasteiger partial charge in [-0.05, 0) is 31.4 Å². The molecule has 2 heterocycles. The van der Waals surface area contributed by atoms with Gasteiger partial charge in [0.25, 0.3) is 5.91 Å². The molecule has 1 saturated heterocycles. The van der Waals surface area contributed by atoms with Gasteiger partial charge >= 0.3 is 5.97 Å². The molecule has 1 aromatic rings. The van der Waals surface area contributed by atoms with Gasteiger partial charge in [0.05, 0.1) is 5.92 Å². The molecule has 2 aliphatic rings. The highest BCUT2D eigenvalue weighted by Gasteiger charge is 2.34. The minimum atomic E-state index is -0.803. The van der Waals surface area contributed by atoms with Gasteiger partial charge in [0.15, 0.2) is 0 Å². The van der Waals surface area contributed by atoms with Crippen LogP contribution in [0.1, 0.15) is 35.8 Å². The summed E-state index contributed by atoms with van der Waals surface area (Å²) in [5, 5.41) is 8.95. The van der Waals surface area contributed by atoms with Crippen LogP contribution in [-0.2, 0) is 4.79 Å². The van der Waals surface area contributed by atoms with Crippen LogP contribution in [0.4, 0.5) is 0 Å². The van der Waals surface area contributed by atoms with Crippen LogP contribution in [0.15, 0.2) is 18.3 Å². The van der Waals surface area contributed by atoms with Crippen molar-refractivity contribution < 1.29 is 14.7 Å². The molecule has 1 N–H and O–H groups in total. The van der Waals surface area contributed by atoms with E-state index in [1.165, 1.54) is 0 Å². The second kappa shape index (κ2) is 4.15. The number of carbonyl (C=O) groups is 2. The van der Waals surface area contributed by atoms with Crippen molar-refractivity contribution in [2.45, 2.75) is 25.3 Å². The SMILES string of the molecule is O=C(O)C1CCN(C(=O)c2cccn2C2CC2)C1. The van der Waals surface area contributed by atoms with E-state index in [-0.39, 0.29) is 5.91 Å². The normalized spacial score (nSPS) is 23.3. The van der Waals surface area contributed by atoms with E-state index < -0.39 is 11.9 Å². The lowest BCUT2D eigenvalue weighted by atomic mass is 10.1. The van der Waals surface area contributed by atoms with Gasteiger partial charge in [-0.15, -0.1) is 0 Å². The molecule has 1 unspecified atom stereocenters. The molecule has 0 aromatic carbocycles. The summed E-state index contributed by atoms with van der Waals surface area (Å²) < 4.78 is 2.02. The molecule has 5 heteroatoms. The number of carboxylic acids is 1. The standard InChI is InChI=1S/C13H16N2O3/c16-12(14-7-5-9(8-14)13(17)18)11-2-1-6-15(11)10-3-4-10/h1-2,6,9-10H,3-5,7-8H2,(H,17,18). The zero-order valence-corrected chi connectivity index (χ0v) is 10.1. The van der Waals surface area contributed by atoms with Crippen molar-refractivity contribution in [2.75, 3.05) is 13.1 Å². The first-order valence-electron chi connectivity index (χ1n) is 6.35. The molecule has 1 atom stereocenters. The first kappa shape index (κ1) is 11.3. The molecule has 0 radical (unpaired) electrons. The summed E-state index contributed by atoms with van der Waals surface area (Å²) in [6, 6.07) is 4.18. The summed E-state index contributed by atoms with van der Waals surface area (Å²) >= 11 is 0. The number of hydrogen-bond acceptors (Lipinski definition) is 2. The van der Waals surface area contributed by atoms with E-state index in [2.05, 4.69) is 0 Å². The van der Waals surface area contributed by atoms with Crippen molar-refractivity contribution in [3.05, 3.63) is 24.0 Å². The fourth-order valence-electron chi connectivity index (χ4n) is 2.55. The summed E-state index contributed by atoms with van der Waals surface area (Å²) in [6.07, 6.45) is 4.76. The Balaban J connectivity index is 1.75. The number of carbonyl (C=O) groups excluding carboxylic acids is 1. The molecule has 0 spiro atoms. The fraction of sp³-hybridized carbons (Fsp3) is 0.538. The lowest BCUT2D eigenvalue weighted by Crippen LogP contribution is -2.31. The Morgan fingerprint density at radius 1 is 1.28 bits per heavy atom. The van der Waals surface area contributed by atoms with Crippen molar-refractivity contribution in [1.82, 2.24) is 9.47 Å². The summed E-state index contributed by atoms with van der Waals surface area (Å²) in [6.45, 7) is 0.885. The highest BCUT2D eigenvalue weighted by Crippen LogP contribution is 2.36. The predicted molar refractivity (Wildman–Crippen MR) is 64.3 cm³/mol. The zero-order chi connectivity index (χ0) is 12.7. The topological polar surface area (TPSA) is 62.5 Å². The Morgan fingerprint density at radius 2 is 2.06 bits per heavy atom. The summed E-state index contributed by atoms with van der Waals surface area (Å²) in [7, 11) is 0. The molecule has 2 fully saturated rings. The van der Waals surface area contributed by atoms with Crippen molar-refractivity contribution in [1.29, 1.82) is 0 Å². The number of hydrogen-bond donors (Lipinski definition) is 1. The van der Waals surface area contributed by atoms with Gasteiger partial charge in [0.1, 0.15) is 5.69 Å². The van der Waals surface area contributed by atoms with Gasteiger partial charge in [0, 0.05) is 25.3 Å². The van der Waals surface area contributed by atoms with E-state index in [1.807, 2.05) is 22.9 Å². The number of rotatable bonds is 3. The van der Waals surface area contributed by atoms with Crippen LogP contribution in [0.2, 0.25) is 0 Å². The number of aromatic nitrogens is 1. The molecule has 0 bridgehead atoms. The van der Waals surface area contributed by atoms with Crippen molar-refractivity contribution >= 4 is 11.9 Å². The first-order chi connectivity index (χ1) is 8.66. The highest BCUT2D eigenvalue weighted by molar-refractivity contribution is 5.93. The number of aliphatic carboxylic acids is 1. The van der Waals surface area contributed by atoms with Gasteiger partial charge in [-0.25, -0.2) is 0 Å². The van der Waals surface area contributed by atoms with E-state index in [0.29, 0.717) is 31.2 Å². The molecule has 1 aromatic heterocycles. The van der Waals surface area contributed by atoms with E-state index in [4.69, 9.17) is 5.11 Å². The Labute approximate surface area is 105 Å². The van der Waals surface area contributed by atoms with Crippen LogP contribution in [-0.4, -0.2) is 39.5 Å². The maximum Gasteiger partial charge on any atom is 0.308 e. The lowest BCUT2D eigenvalue weighted by molar-refractivity contribution is -0.141. The van der Waals surface area contributed by atoms with Gasteiger partial charge in [-0.1, -0.05) is 0 Å². The Bertz CT molecular complexity index is 490. The van der Waals surface area contributed by atoms with Crippen LogP contribution < -0.4 is 0 Å². The van der Waals surface area contributed by atoms with Crippen LogP contribution in [0, 0.1) is 5.92 Å². The molecule has 1 aliphatic carbocycles. The summed E-state index contributed by atoms with van der Waals surface area (Å²) in [5.74, 6) is -1.24. The molecular weight excluding hydrogens is 232 g/mol. The fourth-order valence-corrected chi connectivity index (χ4v) is 2.55. The number of likely N-dealkylation sites (tertiary alicyclic amines) is 1. The van der Waals surface area contributed by atoms with Crippen molar-refractivity contribution in [3.63, 3.8) is 0 Å². The van der Waals surface area contributed by atoms with Crippen LogP contribution in [0.5, 0.6) is 0 Å². The Kier molecular flexibility index (Phi) is 2.61. The maximum atomic E-state index is 12.3. The van der Waals surface area contributed by atoms with Gasteiger partial charge in [-0.3, -0.25) is 9.59 Å². The molecular formula is C13H16N2O3. The predicted octanol–water partition coefficient (Wildman–Crippen LogP) is 1.37. The van der Waals surface area contributed by atoms with Crippen LogP contribution in [0.25, 0.3) is 0 Å². The average Bonchev–Trinajstić information content (AvgIpc) is 2.92. The maximum absolute atomic E-state index is 12.3. The Morgan fingerprint density at radius 3 is 2.67 bits per heavy atom. The number of carboxylic acid groups (broad SMARTS) is 1. The van der Waals surface area contributed by atoms with Gasteiger partial charge in [-0.2, -0.15) is 0 Å². The average molecular weight is 248 g/mol. The zero-order valence-electron chi connectivity index (χ0n) is 10.1. The minimum absolute atomic E-state index is 0.0318. The third-order valence-electron chi connectivity index (χ3n) is 3.76. The quantitative estimate of drug-likeness (QED) is 0.878. The third-order valence-corrected chi connectivity index (χ3v) is 3.76. The van der Waals surface area contributed by atoms with Crippen molar-refractivity contribution in [3.8, 4) is 0 Å². The highest BCUT2D eigenvalue weighted by atomic mass is 16.4. The molecule has 1 amide bonds. The van der Waals surface area contributed by atoms with E-state index in [9.17, 15) is 9.59 Å². The van der Waals surface area contributed by atoms with E-state index in [0.717, 1.165) is 12.8 Å². The van der Waals surface area contributed by atoms with E-state index in [1.54, 1.807) is 4.90 Å². The molecule has 18 heavy (non-hydrogen) atoms. The second-order valence-electron chi connectivity index (χ2n) is 5.11. The van der Waals surface area contributed by atoms with Crippen LogP contribution >= 0.6 is 0 Å². The minimum Gasteiger partial charge on any atom is -0.481 e. The lowest BCUT2D eigenvalue weighted by Gasteiger charge is -2.17. The van der Waals surface area contributed by atoms with Gasteiger partial charge in [0.2, 0.25) is 0 Å². The third kappa shape index (κ3) is 1.89. The number of amides is 1. The molecule has 1 aliphatic heterocycles. The summed E-state index contributed by atoms with van der Waals surface area (Å²) in [4.78, 5) is 24.9. The Hall–Kier alpha value is -1.78. The van der Waals surface area contributed by atoms with Crippen LogP contribution in [0.3, 0.4) is 0 Å². The van der Waals surface area contributed by atoms with Gasteiger partial charge < -0.3 is 14.6 Å². The monoisotopic (exact) mass is 248 g/mol. The molecule has 96 valence electrons. The smallest absolute Gasteiger partial charge is 0.308 e. The summed E-state index contributed by atoms with van der Waals surface area (Å²) in [5.41, 5.74) is 0.698. The number of nitrogens with zero attached hydrogens (tertiary/aromatic N) is 2.